The fourth-order valence-electron chi connectivity index (χ4n) is 3.68. The number of fused-ring (bicyclic) bond motifs is 1. The summed E-state index contributed by atoms with van der Waals surface area (Å²) in [6, 6.07) is 8.51. The van der Waals surface area contributed by atoms with Gasteiger partial charge in [-0.05, 0) is 37.4 Å². The summed E-state index contributed by atoms with van der Waals surface area (Å²) in [6.45, 7) is 4.09. The van der Waals surface area contributed by atoms with Crippen LogP contribution in [0.5, 0.6) is 0 Å². The van der Waals surface area contributed by atoms with Gasteiger partial charge in [-0.15, -0.1) is 0 Å². The van der Waals surface area contributed by atoms with Gasteiger partial charge in [0.2, 0.25) is 5.91 Å². The molecule has 0 aromatic heterocycles. The molecule has 2 atom stereocenters. The van der Waals surface area contributed by atoms with Crippen molar-refractivity contribution < 1.29 is 4.79 Å². The molecule has 114 valence electrons. The van der Waals surface area contributed by atoms with Crippen molar-refractivity contribution >= 4 is 11.6 Å². The maximum absolute atomic E-state index is 12.7. The van der Waals surface area contributed by atoms with Gasteiger partial charge in [0.25, 0.3) is 0 Å². The Labute approximate surface area is 127 Å². The molecule has 21 heavy (non-hydrogen) atoms. The minimum absolute atomic E-state index is 0.0347. The number of carbonyl (C=O) groups is 1. The van der Waals surface area contributed by atoms with Gasteiger partial charge in [0.1, 0.15) is 0 Å². The van der Waals surface area contributed by atoms with E-state index in [1.807, 2.05) is 4.90 Å². The third-order valence-electron chi connectivity index (χ3n) is 4.85. The van der Waals surface area contributed by atoms with Gasteiger partial charge in [-0.2, -0.15) is 0 Å². The number of nitrogens with zero attached hydrogens (tertiary/aromatic N) is 1. The van der Waals surface area contributed by atoms with Crippen LogP contribution in [0.4, 0.5) is 5.69 Å². The van der Waals surface area contributed by atoms with Gasteiger partial charge in [-0.1, -0.05) is 44.4 Å². The van der Waals surface area contributed by atoms with Crippen LogP contribution in [0.3, 0.4) is 0 Å². The van der Waals surface area contributed by atoms with Crippen LogP contribution < -0.4 is 10.2 Å². The van der Waals surface area contributed by atoms with Crippen molar-refractivity contribution in [1.29, 1.82) is 0 Å². The highest BCUT2D eigenvalue weighted by atomic mass is 16.2. The molecule has 1 amide bonds. The number of rotatable bonds is 5. The zero-order valence-electron chi connectivity index (χ0n) is 13.0. The van der Waals surface area contributed by atoms with Crippen LogP contribution in [-0.4, -0.2) is 25.0 Å². The molecule has 2 aliphatic rings. The van der Waals surface area contributed by atoms with Crippen LogP contribution in [0.15, 0.2) is 24.3 Å². The highest BCUT2D eigenvalue weighted by Gasteiger charge is 2.35. The van der Waals surface area contributed by atoms with E-state index in [2.05, 4.69) is 36.5 Å². The van der Waals surface area contributed by atoms with Crippen molar-refractivity contribution in [2.75, 3.05) is 18.0 Å². The maximum atomic E-state index is 12.7. The predicted molar refractivity (Wildman–Crippen MR) is 86.7 cm³/mol. The molecule has 1 fully saturated rings. The van der Waals surface area contributed by atoms with E-state index in [0.29, 0.717) is 5.92 Å². The van der Waals surface area contributed by atoms with E-state index < -0.39 is 0 Å². The Morgan fingerprint density at radius 3 is 2.95 bits per heavy atom. The molecule has 0 spiro atoms. The lowest BCUT2D eigenvalue weighted by Gasteiger charge is -2.22. The number of unbranched alkanes of at least 4 members (excludes halogenated alkanes) is 2. The predicted octanol–water partition coefficient (Wildman–Crippen LogP) is 3.45. The first kappa shape index (κ1) is 14.6. The fraction of sp³-hybridized carbons (Fsp3) is 0.611. The van der Waals surface area contributed by atoms with Crippen molar-refractivity contribution in [2.24, 2.45) is 0 Å². The van der Waals surface area contributed by atoms with E-state index >= 15 is 0 Å². The minimum Gasteiger partial charge on any atom is -0.310 e. The molecule has 2 aliphatic heterocycles. The summed E-state index contributed by atoms with van der Waals surface area (Å²) < 4.78 is 0. The van der Waals surface area contributed by atoms with E-state index in [-0.39, 0.29) is 11.9 Å². The Balaban J connectivity index is 1.75. The molecule has 1 N–H and O–H groups in total. The lowest BCUT2D eigenvalue weighted by atomic mass is 9.95. The first-order valence-electron chi connectivity index (χ1n) is 8.45. The molecule has 0 saturated carbocycles. The Morgan fingerprint density at radius 1 is 1.33 bits per heavy atom. The summed E-state index contributed by atoms with van der Waals surface area (Å²) >= 11 is 0. The van der Waals surface area contributed by atoms with Crippen LogP contribution in [0.25, 0.3) is 0 Å². The van der Waals surface area contributed by atoms with Crippen LogP contribution >= 0.6 is 0 Å². The van der Waals surface area contributed by atoms with E-state index in [1.54, 1.807) is 0 Å². The fourth-order valence-corrected chi connectivity index (χ4v) is 3.68. The van der Waals surface area contributed by atoms with E-state index in [1.165, 1.54) is 31.2 Å². The molecule has 3 nitrogen and oxygen atoms in total. The molecule has 0 aliphatic carbocycles. The molecule has 3 rings (SSSR count). The molecule has 1 aromatic rings. The number of benzene rings is 1. The first-order valence-corrected chi connectivity index (χ1v) is 8.45. The number of carbonyl (C=O) groups excluding carboxylic acids is 1. The molecular weight excluding hydrogens is 260 g/mol. The first-order chi connectivity index (χ1) is 10.3. The second kappa shape index (κ2) is 6.61. The molecule has 1 saturated heterocycles. The summed E-state index contributed by atoms with van der Waals surface area (Å²) in [7, 11) is 0. The van der Waals surface area contributed by atoms with Crippen molar-refractivity contribution in [3.63, 3.8) is 0 Å². The summed E-state index contributed by atoms with van der Waals surface area (Å²) in [6.07, 6.45) is 7.11. The smallest absolute Gasteiger partial charge is 0.244 e. The van der Waals surface area contributed by atoms with Crippen molar-refractivity contribution in [3.8, 4) is 0 Å². The summed E-state index contributed by atoms with van der Waals surface area (Å²) in [5.74, 6) is 0.802. The highest BCUT2D eigenvalue weighted by molar-refractivity contribution is 5.99. The maximum Gasteiger partial charge on any atom is 0.244 e. The van der Waals surface area contributed by atoms with Gasteiger partial charge in [0, 0.05) is 18.2 Å². The van der Waals surface area contributed by atoms with Gasteiger partial charge in [0.15, 0.2) is 0 Å². The van der Waals surface area contributed by atoms with Crippen LogP contribution in [0, 0.1) is 0 Å². The number of nitrogens with one attached hydrogen (secondary N) is 1. The van der Waals surface area contributed by atoms with Gasteiger partial charge in [0.05, 0.1) is 6.04 Å². The number of para-hydroxylation sites is 1. The Hall–Kier alpha value is -1.35. The van der Waals surface area contributed by atoms with Gasteiger partial charge in [-0.3, -0.25) is 4.79 Å². The summed E-state index contributed by atoms with van der Waals surface area (Å²) in [4.78, 5) is 14.8. The quantitative estimate of drug-likeness (QED) is 0.841. The zero-order valence-corrected chi connectivity index (χ0v) is 13.0. The Morgan fingerprint density at radius 2 is 2.19 bits per heavy atom. The monoisotopic (exact) mass is 286 g/mol. The van der Waals surface area contributed by atoms with Gasteiger partial charge < -0.3 is 10.2 Å². The number of hydrogen-bond donors (Lipinski definition) is 1. The molecular formula is C18H26N2O. The van der Waals surface area contributed by atoms with Crippen LogP contribution in [0.1, 0.15) is 56.9 Å². The van der Waals surface area contributed by atoms with E-state index in [9.17, 15) is 4.79 Å². The molecule has 1 unspecified atom stereocenters. The molecule has 3 heteroatoms. The second-order valence-corrected chi connectivity index (χ2v) is 6.35. The topological polar surface area (TPSA) is 32.3 Å². The van der Waals surface area contributed by atoms with Gasteiger partial charge in [-0.25, -0.2) is 0 Å². The van der Waals surface area contributed by atoms with Crippen LogP contribution in [0.2, 0.25) is 0 Å². The lowest BCUT2D eigenvalue weighted by Crippen LogP contribution is -2.43. The molecule has 0 radical (unpaired) electrons. The van der Waals surface area contributed by atoms with E-state index in [0.717, 1.165) is 31.6 Å². The lowest BCUT2D eigenvalue weighted by molar-refractivity contribution is -0.120. The third-order valence-corrected chi connectivity index (χ3v) is 4.85. The average Bonchev–Trinajstić information content (AvgIpc) is 3.15. The van der Waals surface area contributed by atoms with E-state index in [4.69, 9.17) is 0 Å². The SMILES string of the molecule is CCCCCC1CN(C(=O)[C@@H]2CCCN2)c2ccccc21. The zero-order chi connectivity index (χ0) is 14.7. The largest absolute Gasteiger partial charge is 0.310 e. The second-order valence-electron chi connectivity index (χ2n) is 6.35. The average molecular weight is 286 g/mol. The molecule has 0 bridgehead atoms. The number of hydrogen-bond acceptors (Lipinski definition) is 2. The normalized spacial score (nSPS) is 24.3. The van der Waals surface area contributed by atoms with Crippen molar-refractivity contribution in [2.45, 2.75) is 57.4 Å². The summed E-state index contributed by atoms with van der Waals surface area (Å²) in [5, 5.41) is 3.34. The minimum atomic E-state index is 0.0347. The van der Waals surface area contributed by atoms with Crippen LogP contribution in [-0.2, 0) is 4.79 Å². The number of anilines is 1. The van der Waals surface area contributed by atoms with Crippen molar-refractivity contribution in [3.05, 3.63) is 29.8 Å². The molecule has 2 heterocycles. The molecule has 1 aromatic carbocycles. The van der Waals surface area contributed by atoms with Gasteiger partial charge >= 0.3 is 0 Å². The third kappa shape index (κ3) is 2.98. The van der Waals surface area contributed by atoms with Crippen molar-refractivity contribution in [1.82, 2.24) is 5.32 Å². The number of amides is 1. The summed E-state index contributed by atoms with van der Waals surface area (Å²) in [5.41, 5.74) is 2.53. The Bertz CT molecular complexity index is 494. The highest BCUT2D eigenvalue weighted by Crippen LogP contribution is 2.39. The Kier molecular flexibility index (Phi) is 4.59. The standard InChI is InChI=1S/C18H26N2O/c1-2-3-4-8-14-13-20(17-11-6-5-9-15(14)17)18(21)16-10-7-12-19-16/h5-6,9,11,14,16,19H,2-4,7-8,10,12-13H2,1H3/t14?,16-/m0/s1.